The average Bonchev–Trinajstić information content (AvgIpc) is 2.71. The SMILES string of the molecule is CC(C)CN(c1nc(N)nc2[nH]ncc12)C(C)C. The molecule has 0 unspecified atom stereocenters. The van der Waals surface area contributed by atoms with Gasteiger partial charge in [-0.3, -0.25) is 5.10 Å². The van der Waals surface area contributed by atoms with Crippen molar-refractivity contribution in [1.29, 1.82) is 0 Å². The van der Waals surface area contributed by atoms with Gasteiger partial charge in [-0.05, 0) is 19.8 Å². The number of aromatic nitrogens is 4. The Morgan fingerprint density at radius 3 is 2.61 bits per heavy atom. The lowest BCUT2D eigenvalue weighted by Gasteiger charge is -2.30. The van der Waals surface area contributed by atoms with Crippen LogP contribution in [0.1, 0.15) is 27.7 Å². The van der Waals surface area contributed by atoms with Crippen LogP contribution in [0, 0.1) is 5.92 Å². The molecular weight excluding hydrogens is 228 g/mol. The largest absolute Gasteiger partial charge is 0.368 e. The number of nitrogens with one attached hydrogen (secondary N) is 1. The second-order valence-corrected chi connectivity index (χ2v) is 5.18. The zero-order chi connectivity index (χ0) is 13.3. The Bertz CT molecular complexity index is 530. The van der Waals surface area contributed by atoms with Crippen molar-refractivity contribution >= 4 is 22.8 Å². The highest BCUT2D eigenvalue weighted by molar-refractivity contribution is 5.87. The molecule has 0 saturated heterocycles. The molecule has 0 aromatic carbocycles. The zero-order valence-corrected chi connectivity index (χ0v) is 11.3. The predicted octanol–water partition coefficient (Wildman–Crippen LogP) is 1.81. The molecule has 98 valence electrons. The van der Waals surface area contributed by atoms with E-state index in [1.54, 1.807) is 6.20 Å². The van der Waals surface area contributed by atoms with Crippen LogP contribution >= 0.6 is 0 Å². The van der Waals surface area contributed by atoms with Gasteiger partial charge in [0.1, 0.15) is 5.82 Å². The van der Waals surface area contributed by atoms with Crippen molar-refractivity contribution in [3.63, 3.8) is 0 Å². The van der Waals surface area contributed by atoms with E-state index in [2.05, 4.69) is 52.8 Å². The van der Waals surface area contributed by atoms with Crippen LogP contribution in [0.4, 0.5) is 11.8 Å². The van der Waals surface area contributed by atoms with E-state index in [4.69, 9.17) is 5.73 Å². The molecule has 2 heterocycles. The predicted molar refractivity (Wildman–Crippen MR) is 73.4 cm³/mol. The van der Waals surface area contributed by atoms with Crippen LogP contribution in [0.3, 0.4) is 0 Å². The minimum absolute atomic E-state index is 0.274. The quantitative estimate of drug-likeness (QED) is 0.862. The summed E-state index contributed by atoms with van der Waals surface area (Å²) in [6, 6.07) is 0.347. The number of hydrogen-bond donors (Lipinski definition) is 2. The number of rotatable bonds is 4. The van der Waals surface area contributed by atoms with Crippen molar-refractivity contribution in [1.82, 2.24) is 20.2 Å². The maximum Gasteiger partial charge on any atom is 0.224 e. The fourth-order valence-corrected chi connectivity index (χ4v) is 1.99. The molecule has 2 aromatic rings. The summed E-state index contributed by atoms with van der Waals surface area (Å²) in [5.41, 5.74) is 6.44. The third kappa shape index (κ3) is 2.37. The number of fused-ring (bicyclic) bond motifs is 1. The van der Waals surface area contributed by atoms with Crippen LogP contribution in [0.5, 0.6) is 0 Å². The zero-order valence-electron chi connectivity index (χ0n) is 11.3. The number of hydrogen-bond acceptors (Lipinski definition) is 5. The van der Waals surface area contributed by atoms with E-state index in [0.29, 0.717) is 17.6 Å². The second kappa shape index (κ2) is 4.80. The summed E-state index contributed by atoms with van der Waals surface area (Å²) in [7, 11) is 0. The van der Waals surface area contributed by atoms with Gasteiger partial charge in [0.25, 0.3) is 0 Å². The first-order valence-corrected chi connectivity index (χ1v) is 6.22. The Kier molecular flexibility index (Phi) is 3.36. The molecule has 0 fully saturated rings. The molecule has 6 heteroatoms. The van der Waals surface area contributed by atoms with Crippen molar-refractivity contribution in [2.75, 3.05) is 17.2 Å². The summed E-state index contributed by atoms with van der Waals surface area (Å²) < 4.78 is 0. The number of nitrogens with two attached hydrogens (primary N) is 1. The smallest absolute Gasteiger partial charge is 0.224 e. The number of nitrogen functional groups attached to an aromatic ring is 1. The molecule has 0 aliphatic rings. The molecule has 18 heavy (non-hydrogen) atoms. The summed E-state index contributed by atoms with van der Waals surface area (Å²) in [5.74, 6) is 1.68. The first-order chi connectivity index (χ1) is 8.49. The van der Waals surface area contributed by atoms with Gasteiger partial charge in [0, 0.05) is 12.6 Å². The monoisotopic (exact) mass is 248 g/mol. The Hall–Kier alpha value is -1.85. The van der Waals surface area contributed by atoms with Crippen LogP contribution in [0.15, 0.2) is 6.20 Å². The Balaban J connectivity index is 2.52. The molecule has 2 rings (SSSR count). The second-order valence-electron chi connectivity index (χ2n) is 5.18. The Morgan fingerprint density at radius 1 is 1.28 bits per heavy atom. The van der Waals surface area contributed by atoms with Crippen LogP contribution in [0.2, 0.25) is 0 Å². The summed E-state index contributed by atoms with van der Waals surface area (Å²) in [5, 5.41) is 7.77. The van der Waals surface area contributed by atoms with E-state index in [-0.39, 0.29) is 5.95 Å². The maximum atomic E-state index is 5.76. The van der Waals surface area contributed by atoms with Gasteiger partial charge < -0.3 is 10.6 Å². The van der Waals surface area contributed by atoms with Crippen molar-refractivity contribution in [2.45, 2.75) is 33.7 Å². The number of H-pyrrole nitrogens is 1. The van der Waals surface area contributed by atoms with Gasteiger partial charge in [0.15, 0.2) is 5.65 Å². The van der Waals surface area contributed by atoms with Gasteiger partial charge >= 0.3 is 0 Å². The van der Waals surface area contributed by atoms with Gasteiger partial charge in [0.2, 0.25) is 5.95 Å². The Labute approximate surface area is 107 Å². The lowest BCUT2D eigenvalue weighted by Crippen LogP contribution is -2.35. The molecule has 0 saturated carbocycles. The fourth-order valence-electron chi connectivity index (χ4n) is 1.99. The minimum Gasteiger partial charge on any atom is -0.368 e. The van der Waals surface area contributed by atoms with E-state index in [9.17, 15) is 0 Å². The van der Waals surface area contributed by atoms with Gasteiger partial charge in [-0.25, -0.2) is 0 Å². The van der Waals surface area contributed by atoms with Crippen LogP contribution in [-0.2, 0) is 0 Å². The highest BCUT2D eigenvalue weighted by Gasteiger charge is 2.18. The molecule has 6 nitrogen and oxygen atoms in total. The third-order valence-corrected chi connectivity index (χ3v) is 2.76. The van der Waals surface area contributed by atoms with Crippen LogP contribution < -0.4 is 10.6 Å². The molecule has 2 aromatic heterocycles. The van der Waals surface area contributed by atoms with Gasteiger partial charge in [-0.1, -0.05) is 13.8 Å². The van der Waals surface area contributed by atoms with Gasteiger partial charge in [0.05, 0.1) is 11.6 Å². The standard InChI is InChI=1S/C12H20N6/c1-7(2)6-18(8(3)4)11-9-5-14-17-10(9)15-12(13)16-11/h5,7-8H,6H2,1-4H3,(H3,13,14,15,16,17). The van der Waals surface area contributed by atoms with Crippen molar-refractivity contribution in [3.05, 3.63) is 6.20 Å². The summed E-state index contributed by atoms with van der Waals surface area (Å²) in [6.45, 7) is 9.59. The minimum atomic E-state index is 0.274. The third-order valence-electron chi connectivity index (χ3n) is 2.76. The molecular formula is C12H20N6. The van der Waals surface area contributed by atoms with E-state index in [1.807, 2.05) is 0 Å². The maximum absolute atomic E-state index is 5.76. The van der Waals surface area contributed by atoms with Crippen LogP contribution in [-0.4, -0.2) is 32.8 Å². The molecule has 0 aliphatic heterocycles. The fraction of sp³-hybridized carbons (Fsp3) is 0.583. The summed E-state index contributed by atoms with van der Waals surface area (Å²) in [4.78, 5) is 10.8. The summed E-state index contributed by atoms with van der Waals surface area (Å²) >= 11 is 0. The van der Waals surface area contributed by atoms with Crippen molar-refractivity contribution < 1.29 is 0 Å². The average molecular weight is 248 g/mol. The first kappa shape index (κ1) is 12.6. The normalized spacial score (nSPS) is 11.7. The van der Waals surface area contributed by atoms with E-state index in [1.165, 1.54) is 0 Å². The topological polar surface area (TPSA) is 83.7 Å². The van der Waals surface area contributed by atoms with Crippen molar-refractivity contribution in [3.8, 4) is 0 Å². The van der Waals surface area contributed by atoms with Crippen molar-refractivity contribution in [2.24, 2.45) is 5.92 Å². The highest BCUT2D eigenvalue weighted by Crippen LogP contribution is 2.25. The molecule has 0 bridgehead atoms. The lowest BCUT2D eigenvalue weighted by molar-refractivity contribution is 0.567. The molecule has 0 radical (unpaired) electrons. The molecule has 0 amide bonds. The Morgan fingerprint density at radius 2 is 2.00 bits per heavy atom. The number of anilines is 2. The van der Waals surface area contributed by atoms with Crippen LogP contribution in [0.25, 0.3) is 11.0 Å². The van der Waals surface area contributed by atoms with Gasteiger partial charge in [-0.2, -0.15) is 15.1 Å². The number of nitrogens with zero attached hydrogens (tertiary/aromatic N) is 4. The molecule has 0 atom stereocenters. The van der Waals surface area contributed by atoms with E-state index < -0.39 is 0 Å². The molecule has 3 N–H and O–H groups in total. The molecule has 0 aliphatic carbocycles. The number of aromatic amines is 1. The summed E-state index contributed by atoms with van der Waals surface area (Å²) in [6.07, 6.45) is 1.75. The van der Waals surface area contributed by atoms with E-state index in [0.717, 1.165) is 17.7 Å². The highest BCUT2D eigenvalue weighted by atomic mass is 15.3. The lowest BCUT2D eigenvalue weighted by atomic mass is 10.1. The van der Waals surface area contributed by atoms with E-state index >= 15 is 0 Å². The first-order valence-electron chi connectivity index (χ1n) is 6.22. The van der Waals surface area contributed by atoms with Gasteiger partial charge in [-0.15, -0.1) is 0 Å². The molecule has 0 spiro atoms.